The Bertz CT molecular complexity index is 1150. The smallest absolute Gasteiger partial charge is 0.239 e. The molecule has 2 aromatic carbocycles. The van der Waals surface area contributed by atoms with Gasteiger partial charge in [0.1, 0.15) is 5.82 Å². The van der Waals surface area contributed by atoms with E-state index in [0.29, 0.717) is 23.7 Å². The van der Waals surface area contributed by atoms with Gasteiger partial charge >= 0.3 is 0 Å². The van der Waals surface area contributed by atoms with Crippen LogP contribution in [-0.2, 0) is 6.42 Å². The zero-order chi connectivity index (χ0) is 30.4. The number of alkyl halides is 2. The van der Waals surface area contributed by atoms with E-state index >= 15 is 4.39 Å². The Morgan fingerprint density at radius 3 is 2.14 bits per heavy atom. The molecule has 0 N–H and O–H groups in total. The molecule has 0 spiro atoms. The van der Waals surface area contributed by atoms with E-state index in [0.717, 1.165) is 68.8 Å². The largest absolute Gasteiger partial charge is 0.369 e. The number of halogens is 3. The Labute approximate surface area is 253 Å². The van der Waals surface area contributed by atoms with Gasteiger partial charge in [-0.2, -0.15) is 0 Å². The molecule has 0 bridgehead atoms. The van der Waals surface area contributed by atoms with Crippen LogP contribution in [0, 0.1) is 35.9 Å². The molecular weight excluding hydrogens is 529 g/mol. The first-order chi connectivity index (χ1) is 20.0. The van der Waals surface area contributed by atoms with E-state index in [2.05, 4.69) is 75.1 Å². The minimum atomic E-state index is -2.29. The summed E-state index contributed by atoms with van der Waals surface area (Å²) in [7, 11) is 0. The first-order valence-corrected chi connectivity index (χ1v) is 16.2. The summed E-state index contributed by atoms with van der Waals surface area (Å²) in [5.74, 6) is 2.09. The van der Waals surface area contributed by atoms with Crippen LogP contribution >= 0.6 is 0 Å². The van der Waals surface area contributed by atoms with Crippen molar-refractivity contribution in [1.82, 2.24) is 4.90 Å². The molecule has 0 saturated carbocycles. The number of piperidine rings is 1. The molecular formula is C37H52F3N2. The third-order valence-electron chi connectivity index (χ3n) is 9.53. The molecule has 0 aromatic heterocycles. The molecule has 1 heterocycles. The Morgan fingerprint density at radius 2 is 1.55 bits per heavy atom. The normalized spacial score (nSPS) is 18.9. The molecule has 231 valence electrons. The predicted molar refractivity (Wildman–Crippen MR) is 171 cm³/mol. The summed E-state index contributed by atoms with van der Waals surface area (Å²) in [5, 5.41) is 0. The summed E-state index contributed by atoms with van der Waals surface area (Å²) >= 11 is 0. The summed E-state index contributed by atoms with van der Waals surface area (Å²) in [6.45, 7) is 18.4. The van der Waals surface area contributed by atoms with Gasteiger partial charge in [-0.25, -0.2) is 13.2 Å². The Hall–Kier alpha value is -2.27. The second kappa shape index (κ2) is 14.9. The molecule has 1 radical (unpaired) electrons. The topological polar surface area (TPSA) is 6.48 Å². The molecule has 1 aliphatic carbocycles. The van der Waals surface area contributed by atoms with E-state index in [-0.39, 0.29) is 24.1 Å². The van der Waals surface area contributed by atoms with Crippen molar-refractivity contribution < 1.29 is 13.2 Å². The standard InChI is InChI=1S/C37H52F3N2/c1-25(2)22-41(23-28(5)33-14-15-33)24-31-16-18-42(19-17-31)37-34(8-7-9-35(37)38)29(6)26(3)20-30-10-12-32(13-11-30)27(4)21-36(39)40/h7-15,25-29,31,36H,16-24H2,1-6H3/t26?,27?,28-,29?/m1/s1. The third-order valence-corrected chi connectivity index (χ3v) is 9.53. The second-order valence-corrected chi connectivity index (χ2v) is 13.7. The highest BCUT2D eigenvalue weighted by atomic mass is 19.3. The number of rotatable bonds is 15. The first kappa shape index (κ1) is 32.6. The molecule has 1 fully saturated rings. The highest BCUT2D eigenvalue weighted by Gasteiger charge is 2.29. The van der Waals surface area contributed by atoms with Crippen LogP contribution in [0.4, 0.5) is 18.9 Å². The van der Waals surface area contributed by atoms with Crippen molar-refractivity contribution in [3.63, 3.8) is 0 Å². The molecule has 2 aromatic rings. The van der Waals surface area contributed by atoms with Crippen LogP contribution in [0.15, 0.2) is 54.1 Å². The quantitative estimate of drug-likeness (QED) is 0.207. The summed E-state index contributed by atoms with van der Waals surface area (Å²) in [5.41, 5.74) is 5.52. The maximum Gasteiger partial charge on any atom is 0.239 e. The monoisotopic (exact) mass is 581 g/mol. The Morgan fingerprint density at radius 1 is 0.881 bits per heavy atom. The average Bonchev–Trinajstić information content (AvgIpc) is 3.79. The lowest BCUT2D eigenvalue weighted by Crippen LogP contribution is -2.41. The second-order valence-electron chi connectivity index (χ2n) is 13.7. The van der Waals surface area contributed by atoms with Crippen molar-refractivity contribution in [2.45, 2.75) is 85.5 Å². The maximum absolute atomic E-state index is 15.5. The van der Waals surface area contributed by atoms with E-state index in [1.165, 1.54) is 11.1 Å². The van der Waals surface area contributed by atoms with Gasteiger partial charge in [0.25, 0.3) is 0 Å². The third kappa shape index (κ3) is 9.11. The zero-order valence-electron chi connectivity index (χ0n) is 26.6. The van der Waals surface area contributed by atoms with Crippen LogP contribution in [0.1, 0.15) is 89.3 Å². The van der Waals surface area contributed by atoms with Gasteiger partial charge in [-0.15, -0.1) is 0 Å². The highest BCUT2D eigenvalue weighted by molar-refractivity contribution is 5.57. The minimum absolute atomic E-state index is 0.112. The summed E-state index contributed by atoms with van der Waals surface area (Å²) in [6, 6.07) is 13.7. The number of anilines is 1. The van der Waals surface area contributed by atoms with Crippen molar-refractivity contribution >= 4 is 5.69 Å². The van der Waals surface area contributed by atoms with Gasteiger partial charge in [-0.1, -0.05) is 89.6 Å². The molecule has 0 amide bonds. The lowest BCUT2D eigenvalue weighted by molar-refractivity contribution is 0.130. The minimum Gasteiger partial charge on any atom is -0.369 e. The summed E-state index contributed by atoms with van der Waals surface area (Å²) in [4.78, 5) is 4.95. The summed E-state index contributed by atoms with van der Waals surface area (Å²) in [6.07, 6.45) is 5.11. The van der Waals surface area contributed by atoms with Gasteiger partial charge in [0, 0.05) is 45.6 Å². The lowest BCUT2D eigenvalue weighted by atomic mass is 9.83. The van der Waals surface area contributed by atoms with Crippen molar-refractivity contribution in [1.29, 1.82) is 0 Å². The lowest BCUT2D eigenvalue weighted by Gasteiger charge is -2.38. The molecule has 4 rings (SSSR count). The van der Waals surface area contributed by atoms with E-state index in [4.69, 9.17) is 0 Å². The van der Waals surface area contributed by atoms with Gasteiger partial charge in [-0.3, -0.25) is 0 Å². The summed E-state index contributed by atoms with van der Waals surface area (Å²) < 4.78 is 41.1. The number of benzene rings is 2. The molecule has 4 atom stereocenters. The van der Waals surface area contributed by atoms with Crippen LogP contribution in [0.2, 0.25) is 0 Å². The van der Waals surface area contributed by atoms with Gasteiger partial charge in [0.2, 0.25) is 6.43 Å². The van der Waals surface area contributed by atoms with Crippen LogP contribution in [0.3, 0.4) is 0 Å². The first-order valence-electron chi connectivity index (χ1n) is 16.2. The van der Waals surface area contributed by atoms with E-state index < -0.39 is 6.43 Å². The van der Waals surface area contributed by atoms with E-state index in [9.17, 15) is 8.78 Å². The molecule has 42 heavy (non-hydrogen) atoms. The fourth-order valence-electron chi connectivity index (χ4n) is 6.79. The predicted octanol–water partition coefficient (Wildman–Crippen LogP) is 9.52. The van der Waals surface area contributed by atoms with Crippen molar-refractivity contribution in [2.75, 3.05) is 37.6 Å². The zero-order valence-corrected chi connectivity index (χ0v) is 26.6. The highest BCUT2D eigenvalue weighted by Crippen LogP contribution is 2.38. The van der Waals surface area contributed by atoms with Gasteiger partial charge in [-0.05, 0) is 77.5 Å². The van der Waals surface area contributed by atoms with Crippen LogP contribution < -0.4 is 4.90 Å². The van der Waals surface area contributed by atoms with Crippen LogP contribution in [0.5, 0.6) is 0 Å². The van der Waals surface area contributed by atoms with Crippen molar-refractivity contribution in [2.24, 2.45) is 23.7 Å². The van der Waals surface area contributed by atoms with E-state index in [1.54, 1.807) is 6.07 Å². The fraction of sp³-hybridized carbons (Fsp3) is 0.595. The SMILES string of the molecule is CC(C)CN(CC1CCN(c2c(F)cccc2C(C)C(C)Cc2ccc(C(C)CC(F)F)cc2)CC1)C[C@@H](C)C1=C[CH]1. The Kier molecular flexibility index (Phi) is 11.6. The number of nitrogens with zero attached hydrogens (tertiary/aromatic N) is 2. The molecule has 3 unspecified atom stereocenters. The van der Waals surface area contributed by atoms with Crippen LogP contribution in [0.25, 0.3) is 0 Å². The fourth-order valence-corrected chi connectivity index (χ4v) is 6.79. The van der Waals surface area contributed by atoms with Crippen LogP contribution in [-0.4, -0.2) is 44.0 Å². The molecule has 1 aliphatic heterocycles. The molecule has 2 nitrogen and oxygen atoms in total. The van der Waals surface area contributed by atoms with Gasteiger partial charge < -0.3 is 9.80 Å². The maximum atomic E-state index is 15.5. The number of allylic oxidation sites excluding steroid dienone is 1. The number of hydrogen-bond acceptors (Lipinski definition) is 2. The van der Waals surface area contributed by atoms with Crippen molar-refractivity contribution in [3.05, 3.63) is 83.0 Å². The van der Waals surface area contributed by atoms with Gasteiger partial charge in [0.15, 0.2) is 0 Å². The van der Waals surface area contributed by atoms with E-state index in [1.807, 2.05) is 25.1 Å². The molecule has 2 aliphatic rings. The molecule has 5 heteroatoms. The molecule has 1 saturated heterocycles. The number of hydrogen-bond donors (Lipinski definition) is 0. The number of para-hydroxylation sites is 1. The Balaban J connectivity index is 1.37. The van der Waals surface area contributed by atoms with Gasteiger partial charge in [0.05, 0.1) is 5.69 Å². The average molecular weight is 582 g/mol. The van der Waals surface area contributed by atoms with Crippen molar-refractivity contribution in [3.8, 4) is 0 Å².